The van der Waals surface area contributed by atoms with Gasteiger partial charge in [0, 0.05) is 10.9 Å². The number of hydrogen-bond acceptors (Lipinski definition) is 6. The summed E-state index contributed by atoms with van der Waals surface area (Å²) in [5.74, 6) is -0.370. The molecular weight excluding hydrogens is 448 g/mol. The fourth-order valence-electron chi connectivity index (χ4n) is 3.63. The number of hydrogen-bond donors (Lipinski definition) is 3. The number of ether oxygens (including phenoxy) is 2. The van der Waals surface area contributed by atoms with Crippen molar-refractivity contribution >= 4 is 34.5 Å². The van der Waals surface area contributed by atoms with Crippen molar-refractivity contribution in [2.75, 3.05) is 6.79 Å². The predicted molar refractivity (Wildman–Crippen MR) is 129 cm³/mol. The molecule has 0 fully saturated rings. The molecule has 0 atom stereocenters. The van der Waals surface area contributed by atoms with Crippen molar-refractivity contribution < 1.29 is 24.2 Å². The Morgan fingerprint density at radius 2 is 1.83 bits per heavy atom. The number of nitrogens with one attached hydrogen (secondary N) is 2. The number of H-pyrrole nitrogens is 1. The molecule has 0 aliphatic carbocycles. The van der Waals surface area contributed by atoms with Crippen LogP contribution < -0.4 is 14.8 Å². The van der Waals surface area contributed by atoms with Crippen LogP contribution in [0.15, 0.2) is 82.7 Å². The number of aromatic nitrogens is 1. The lowest BCUT2D eigenvalue weighted by atomic mass is 10.1. The molecule has 4 aromatic rings. The van der Waals surface area contributed by atoms with Crippen molar-refractivity contribution in [2.45, 2.75) is 6.92 Å². The maximum absolute atomic E-state index is 13.1. The molecule has 1 aromatic heterocycles. The number of aromatic hydroxyl groups is 1. The van der Waals surface area contributed by atoms with Crippen molar-refractivity contribution in [3.63, 3.8) is 0 Å². The van der Waals surface area contributed by atoms with Crippen LogP contribution in [0.1, 0.15) is 21.5 Å². The zero-order chi connectivity index (χ0) is 24.4. The molecule has 9 heteroatoms. The first-order valence-corrected chi connectivity index (χ1v) is 10.7. The first-order chi connectivity index (χ1) is 17.0. The molecule has 0 spiro atoms. The van der Waals surface area contributed by atoms with Crippen molar-refractivity contribution in [2.24, 2.45) is 10.2 Å². The molecule has 2 heterocycles. The van der Waals surface area contributed by atoms with Crippen LogP contribution >= 0.6 is 0 Å². The van der Waals surface area contributed by atoms with Crippen LogP contribution in [0.25, 0.3) is 17.0 Å². The van der Waals surface area contributed by atoms with E-state index in [1.165, 1.54) is 6.08 Å². The van der Waals surface area contributed by atoms with Crippen LogP contribution in [-0.4, -0.2) is 28.7 Å². The van der Waals surface area contributed by atoms with Gasteiger partial charge in [0.2, 0.25) is 12.7 Å². The Morgan fingerprint density at radius 3 is 2.66 bits per heavy atom. The molecular formula is C26H20N4O5. The quantitative estimate of drug-likeness (QED) is 0.281. The molecule has 174 valence electrons. The number of carbonyl (C=O) groups excluding carboxylic acids is 2. The van der Waals surface area contributed by atoms with Gasteiger partial charge < -0.3 is 24.9 Å². The molecule has 3 N–H and O–H groups in total. The number of rotatable bonds is 5. The summed E-state index contributed by atoms with van der Waals surface area (Å²) in [5.41, 5.74) is 2.61. The number of carbonyl (C=O) groups is 2. The Hall–Kier alpha value is -4.92. The summed E-state index contributed by atoms with van der Waals surface area (Å²) in [6.45, 7) is 2.02. The molecule has 1 aliphatic heterocycles. The summed E-state index contributed by atoms with van der Waals surface area (Å²) in [6, 6.07) is 19.1. The van der Waals surface area contributed by atoms with Gasteiger partial charge in [-0.2, -0.15) is 0 Å². The maximum atomic E-state index is 13.1. The molecule has 3 aromatic carbocycles. The molecule has 35 heavy (non-hydrogen) atoms. The summed E-state index contributed by atoms with van der Waals surface area (Å²) < 4.78 is 10.7. The summed E-state index contributed by atoms with van der Waals surface area (Å²) >= 11 is 0. The lowest BCUT2D eigenvalue weighted by Crippen LogP contribution is -2.26. The Morgan fingerprint density at radius 1 is 1.03 bits per heavy atom. The van der Waals surface area contributed by atoms with E-state index in [-0.39, 0.29) is 24.1 Å². The Labute approximate surface area is 199 Å². The standard InChI is InChI=1S/C26H20N4O5/c1-15-7-9-19-18(11-15)23(26(33)27-19)29-30-25(32)20(28-24(31)17-5-3-2-4-6-17)12-16-8-10-21-22(13-16)35-14-34-21/h2-13,27,33H,14H2,1H3,(H,28,31)/b20-12+,30-29?. The maximum Gasteiger partial charge on any atom is 0.311 e. The van der Waals surface area contributed by atoms with Crippen LogP contribution in [0.4, 0.5) is 5.69 Å². The van der Waals surface area contributed by atoms with E-state index in [4.69, 9.17) is 9.47 Å². The van der Waals surface area contributed by atoms with E-state index in [9.17, 15) is 14.7 Å². The third-order valence-corrected chi connectivity index (χ3v) is 5.37. The Bertz CT molecular complexity index is 1510. The van der Waals surface area contributed by atoms with E-state index in [0.717, 1.165) is 5.56 Å². The smallest absolute Gasteiger partial charge is 0.311 e. The van der Waals surface area contributed by atoms with Crippen molar-refractivity contribution in [1.82, 2.24) is 10.3 Å². The van der Waals surface area contributed by atoms with Gasteiger partial charge in [0.05, 0.1) is 5.52 Å². The highest BCUT2D eigenvalue weighted by Gasteiger charge is 2.18. The molecule has 0 saturated heterocycles. The van der Waals surface area contributed by atoms with Crippen molar-refractivity contribution in [1.29, 1.82) is 0 Å². The minimum atomic E-state index is -0.798. The lowest BCUT2D eigenvalue weighted by molar-refractivity contribution is -0.115. The third kappa shape index (κ3) is 4.60. The first kappa shape index (κ1) is 21.9. The zero-order valence-electron chi connectivity index (χ0n) is 18.6. The van der Waals surface area contributed by atoms with Gasteiger partial charge >= 0.3 is 5.91 Å². The number of amides is 2. The van der Waals surface area contributed by atoms with E-state index in [1.54, 1.807) is 54.6 Å². The van der Waals surface area contributed by atoms with Crippen LogP contribution in [0.3, 0.4) is 0 Å². The molecule has 0 saturated carbocycles. The van der Waals surface area contributed by atoms with Gasteiger partial charge in [-0.1, -0.05) is 35.9 Å². The van der Waals surface area contributed by atoms with E-state index < -0.39 is 11.8 Å². The molecule has 9 nitrogen and oxygen atoms in total. The lowest BCUT2D eigenvalue weighted by Gasteiger charge is -2.07. The number of aromatic amines is 1. The molecule has 5 rings (SSSR count). The largest absolute Gasteiger partial charge is 0.493 e. The van der Waals surface area contributed by atoms with Crippen LogP contribution in [-0.2, 0) is 4.79 Å². The summed E-state index contributed by atoms with van der Waals surface area (Å²) in [4.78, 5) is 28.6. The number of fused-ring (bicyclic) bond motifs is 2. The molecule has 1 aliphatic rings. The molecule has 0 bridgehead atoms. The van der Waals surface area contributed by atoms with Crippen LogP contribution in [0.5, 0.6) is 17.4 Å². The average Bonchev–Trinajstić information content (AvgIpc) is 3.45. The van der Waals surface area contributed by atoms with Gasteiger partial charge in [-0.25, -0.2) is 0 Å². The number of aryl methyl sites for hydroxylation is 1. The fourth-order valence-corrected chi connectivity index (χ4v) is 3.63. The van der Waals surface area contributed by atoms with Gasteiger partial charge in [-0.3, -0.25) is 9.59 Å². The second-order valence-corrected chi connectivity index (χ2v) is 7.87. The second kappa shape index (κ2) is 9.14. The zero-order valence-corrected chi connectivity index (χ0v) is 18.6. The number of benzene rings is 3. The molecule has 0 radical (unpaired) electrons. The fraction of sp³-hybridized carbons (Fsp3) is 0.0769. The van der Waals surface area contributed by atoms with Gasteiger partial charge in [0.1, 0.15) is 5.70 Å². The highest BCUT2D eigenvalue weighted by molar-refractivity contribution is 6.05. The Kier molecular flexibility index (Phi) is 5.72. The van der Waals surface area contributed by atoms with E-state index in [2.05, 4.69) is 20.5 Å². The van der Waals surface area contributed by atoms with Crippen molar-refractivity contribution in [3.05, 3.63) is 89.1 Å². The van der Waals surface area contributed by atoms with Gasteiger partial charge in [-0.15, -0.1) is 10.2 Å². The van der Waals surface area contributed by atoms with Gasteiger partial charge in [0.15, 0.2) is 17.2 Å². The van der Waals surface area contributed by atoms with Gasteiger partial charge in [-0.05, 0) is 55.0 Å². The predicted octanol–water partition coefficient (Wildman–Crippen LogP) is 4.99. The van der Waals surface area contributed by atoms with Crippen LogP contribution in [0, 0.1) is 6.92 Å². The summed E-state index contributed by atoms with van der Waals surface area (Å²) in [7, 11) is 0. The average molecular weight is 468 g/mol. The SMILES string of the molecule is Cc1ccc2[nH]c(O)c(N=NC(=O)/C(=C\c3ccc4c(c3)OCO4)NC(=O)c3ccccc3)c2c1. The highest BCUT2D eigenvalue weighted by Crippen LogP contribution is 2.36. The Balaban J connectivity index is 1.48. The minimum Gasteiger partial charge on any atom is -0.493 e. The van der Waals surface area contributed by atoms with E-state index >= 15 is 0 Å². The molecule has 2 amide bonds. The number of azo groups is 1. The van der Waals surface area contributed by atoms with E-state index in [1.807, 2.05) is 19.1 Å². The third-order valence-electron chi connectivity index (χ3n) is 5.37. The summed E-state index contributed by atoms with van der Waals surface area (Å²) in [5, 5.41) is 21.3. The van der Waals surface area contributed by atoms with Gasteiger partial charge in [0.25, 0.3) is 5.91 Å². The second-order valence-electron chi connectivity index (χ2n) is 7.87. The number of nitrogens with zero attached hydrogens (tertiary/aromatic N) is 2. The van der Waals surface area contributed by atoms with Crippen LogP contribution in [0.2, 0.25) is 0 Å². The van der Waals surface area contributed by atoms with Crippen molar-refractivity contribution in [3.8, 4) is 17.4 Å². The summed E-state index contributed by atoms with van der Waals surface area (Å²) in [6.07, 6.45) is 1.48. The van der Waals surface area contributed by atoms with E-state index in [0.29, 0.717) is 33.5 Å². The molecule has 0 unspecified atom stereocenters. The monoisotopic (exact) mass is 468 g/mol. The topological polar surface area (TPSA) is 125 Å². The first-order valence-electron chi connectivity index (χ1n) is 10.7. The minimum absolute atomic E-state index is 0.100. The highest BCUT2D eigenvalue weighted by atomic mass is 16.7. The normalized spacial score (nSPS) is 12.9.